The molecule has 140 valence electrons. The molecule has 1 fully saturated rings. The first-order valence-electron chi connectivity index (χ1n) is 9.10. The van der Waals surface area contributed by atoms with E-state index in [4.69, 9.17) is 5.73 Å². The average Bonchev–Trinajstić information content (AvgIpc) is 2.71. The fourth-order valence-corrected chi connectivity index (χ4v) is 3.11. The molecule has 1 aliphatic rings. The van der Waals surface area contributed by atoms with Gasteiger partial charge in [-0.05, 0) is 36.9 Å². The van der Waals surface area contributed by atoms with Crippen molar-refractivity contribution in [1.29, 1.82) is 0 Å². The van der Waals surface area contributed by atoms with E-state index in [0.29, 0.717) is 0 Å². The number of benzene rings is 1. The van der Waals surface area contributed by atoms with Crippen LogP contribution in [0.15, 0.2) is 48.8 Å². The lowest BCUT2D eigenvalue weighted by Gasteiger charge is -2.36. The number of piperazine rings is 1. The number of likely N-dealkylation sites (N-methyl/N-ethyl adjacent to an activating group) is 1. The Hall–Kier alpha value is -2.88. The Morgan fingerprint density at radius 2 is 1.81 bits per heavy atom. The highest BCUT2D eigenvalue weighted by atomic mass is 16.1. The Balaban J connectivity index is 1.52. The fourth-order valence-electron chi connectivity index (χ4n) is 3.11. The maximum absolute atomic E-state index is 11.2. The van der Waals surface area contributed by atoms with Crippen LogP contribution in [-0.4, -0.2) is 55.1 Å². The van der Waals surface area contributed by atoms with Gasteiger partial charge in [0.15, 0.2) is 0 Å². The van der Waals surface area contributed by atoms with Gasteiger partial charge in [-0.2, -0.15) is 0 Å². The van der Waals surface area contributed by atoms with Gasteiger partial charge in [0.1, 0.15) is 6.04 Å². The van der Waals surface area contributed by atoms with Crippen molar-refractivity contribution in [1.82, 2.24) is 15.2 Å². The van der Waals surface area contributed by atoms with Gasteiger partial charge in [-0.25, -0.2) is 0 Å². The number of rotatable bonds is 5. The van der Waals surface area contributed by atoms with Crippen molar-refractivity contribution < 1.29 is 4.79 Å². The van der Waals surface area contributed by atoms with Crippen molar-refractivity contribution in [3.63, 3.8) is 0 Å². The first-order chi connectivity index (χ1) is 13.2. The maximum Gasteiger partial charge on any atom is 0.247 e. The average molecular weight is 363 g/mol. The summed E-state index contributed by atoms with van der Waals surface area (Å²) in [7, 11) is 1.67. The number of hydrogen-bond acceptors (Lipinski definition) is 5. The minimum Gasteiger partial charge on any atom is -0.369 e. The molecule has 6 nitrogen and oxygen atoms in total. The Morgan fingerprint density at radius 1 is 1.15 bits per heavy atom. The number of amides is 1. The topological polar surface area (TPSA) is 74.5 Å². The largest absolute Gasteiger partial charge is 0.369 e. The van der Waals surface area contributed by atoms with E-state index in [0.717, 1.165) is 38.3 Å². The zero-order valence-electron chi connectivity index (χ0n) is 15.6. The summed E-state index contributed by atoms with van der Waals surface area (Å²) in [4.78, 5) is 20.1. The highest BCUT2D eigenvalue weighted by molar-refractivity contribution is 5.83. The molecule has 2 aromatic rings. The molecule has 1 unspecified atom stereocenters. The zero-order chi connectivity index (χ0) is 19.1. The molecule has 1 aromatic heterocycles. The summed E-state index contributed by atoms with van der Waals surface area (Å²) >= 11 is 0. The summed E-state index contributed by atoms with van der Waals surface area (Å²) in [6, 6.07) is 11.7. The van der Waals surface area contributed by atoms with E-state index in [9.17, 15) is 4.79 Å². The standard InChI is InChI=1S/C21H25N5O/c1-23-20(21(22)27)7-6-17-2-4-18(5-3-17)16-25-12-14-26(15-13-25)19-8-10-24-11-9-19/h2-5,8-11,20,23H,12-16H2,1H3,(H2,22,27). The monoisotopic (exact) mass is 363 g/mol. The van der Waals surface area contributed by atoms with Gasteiger partial charge in [0.2, 0.25) is 5.91 Å². The Labute approximate surface area is 160 Å². The van der Waals surface area contributed by atoms with Crippen LogP contribution in [0.25, 0.3) is 0 Å². The van der Waals surface area contributed by atoms with Crippen molar-refractivity contribution in [2.45, 2.75) is 12.6 Å². The molecular formula is C21H25N5O. The molecule has 1 saturated heterocycles. The predicted octanol–water partition coefficient (Wildman–Crippen LogP) is 0.829. The van der Waals surface area contributed by atoms with Gasteiger partial charge in [-0.1, -0.05) is 24.0 Å². The van der Waals surface area contributed by atoms with E-state index in [2.05, 4.69) is 56.2 Å². The highest BCUT2D eigenvalue weighted by Gasteiger charge is 2.17. The number of nitrogens with two attached hydrogens (primary N) is 1. The molecule has 3 N–H and O–H groups in total. The molecule has 1 amide bonds. The summed E-state index contributed by atoms with van der Waals surface area (Å²) in [6.07, 6.45) is 3.68. The SMILES string of the molecule is CNC(C#Cc1ccc(CN2CCN(c3ccncc3)CC2)cc1)C(N)=O. The summed E-state index contributed by atoms with van der Waals surface area (Å²) in [5.41, 5.74) is 8.65. The molecule has 0 aliphatic carbocycles. The molecule has 0 radical (unpaired) electrons. The van der Waals surface area contributed by atoms with E-state index in [1.165, 1.54) is 11.3 Å². The third-order valence-electron chi connectivity index (χ3n) is 4.69. The second-order valence-electron chi connectivity index (χ2n) is 6.56. The first kappa shape index (κ1) is 18.9. The quantitative estimate of drug-likeness (QED) is 0.770. The number of pyridine rings is 1. The van der Waals surface area contributed by atoms with Crippen molar-refractivity contribution >= 4 is 11.6 Å². The van der Waals surface area contributed by atoms with Gasteiger partial charge >= 0.3 is 0 Å². The first-order valence-corrected chi connectivity index (χ1v) is 9.10. The zero-order valence-corrected chi connectivity index (χ0v) is 15.6. The number of aromatic nitrogens is 1. The third kappa shape index (κ3) is 5.30. The van der Waals surface area contributed by atoms with Crippen LogP contribution in [0.1, 0.15) is 11.1 Å². The van der Waals surface area contributed by atoms with Crippen molar-refractivity contribution in [3.8, 4) is 11.8 Å². The van der Waals surface area contributed by atoms with Crippen LogP contribution in [-0.2, 0) is 11.3 Å². The number of hydrogen-bond donors (Lipinski definition) is 2. The molecule has 3 rings (SSSR count). The lowest BCUT2D eigenvalue weighted by molar-refractivity contribution is -0.118. The van der Waals surface area contributed by atoms with Crippen molar-refractivity contribution in [2.24, 2.45) is 5.73 Å². The number of anilines is 1. The summed E-state index contributed by atoms with van der Waals surface area (Å²) < 4.78 is 0. The van der Waals surface area contributed by atoms with E-state index in [-0.39, 0.29) is 0 Å². The van der Waals surface area contributed by atoms with Crippen LogP contribution >= 0.6 is 0 Å². The third-order valence-corrected chi connectivity index (χ3v) is 4.69. The lowest BCUT2D eigenvalue weighted by Crippen LogP contribution is -2.45. The summed E-state index contributed by atoms with van der Waals surface area (Å²) in [5, 5.41) is 2.79. The van der Waals surface area contributed by atoms with Gasteiger partial charge in [-0.15, -0.1) is 0 Å². The lowest BCUT2D eigenvalue weighted by atomic mass is 10.1. The van der Waals surface area contributed by atoms with Gasteiger partial charge in [-0.3, -0.25) is 20.0 Å². The number of nitrogens with one attached hydrogen (secondary N) is 1. The van der Waals surface area contributed by atoms with Crippen LogP contribution in [0.5, 0.6) is 0 Å². The second-order valence-corrected chi connectivity index (χ2v) is 6.56. The summed E-state index contributed by atoms with van der Waals surface area (Å²) in [5.74, 6) is 5.38. The molecule has 1 aliphatic heterocycles. The molecule has 2 heterocycles. The van der Waals surface area contributed by atoms with Crippen LogP contribution in [0, 0.1) is 11.8 Å². The smallest absolute Gasteiger partial charge is 0.247 e. The molecule has 0 spiro atoms. The Bertz CT molecular complexity index is 802. The van der Waals surface area contributed by atoms with E-state index >= 15 is 0 Å². The van der Waals surface area contributed by atoms with Crippen molar-refractivity contribution in [2.75, 3.05) is 38.1 Å². The van der Waals surface area contributed by atoms with Gasteiger partial charge < -0.3 is 10.6 Å². The van der Waals surface area contributed by atoms with Crippen molar-refractivity contribution in [3.05, 3.63) is 59.9 Å². The maximum atomic E-state index is 11.2. The summed E-state index contributed by atoms with van der Waals surface area (Å²) in [6.45, 7) is 5.04. The minimum absolute atomic E-state index is 0.465. The van der Waals surface area contributed by atoms with E-state index < -0.39 is 11.9 Å². The highest BCUT2D eigenvalue weighted by Crippen LogP contribution is 2.16. The molecule has 1 aromatic carbocycles. The Morgan fingerprint density at radius 3 is 2.41 bits per heavy atom. The minimum atomic E-state index is -0.624. The van der Waals surface area contributed by atoms with Crippen LogP contribution in [0.3, 0.4) is 0 Å². The number of primary amides is 1. The van der Waals surface area contributed by atoms with Gasteiger partial charge in [0, 0.05) is 56.4 Å². The van der Waals surface area contributed by atoms with E-state index in [1.807, 2.05) is 24.5 Å². The number of carbonyl (C=O) groups excluding carboxylic acids is 1. The Kier molecular flexibility index (Phi) is 6.42. The van der Waals surface area contributed by atoms with Crippen LogP contribution in [0.2, 0.25) is 0 Å². The molecule has 6 heteroatoms. The van der Waals surface area contributed by atoms with Crippen LogP contribution in [0.4, 0.5) is 5.69 Å². The van der Waals surface area contributed by atoms with E-state index in [1.54, 1.807) is 7.05 Å². The number of nitrogens with zero attached hydrogens (tertiary/aromatic N) is 3. The fraction of sp³-hybridized carbons (Fsp3) is 0.333. The molecule has 0 saturated carbocycles. The normalized spacial score (nSPS) is 15.7. The molecule has 0 bridgehead atoms. The van der Waals surface area contributed by atoms with Gasteiger partial charge in [0.05, 0.1) is 0 Å². The van der Waals surface area contributed by atoms with Crippen LogP contribution < -0.4 is 16.0 Å². The molecule has 1 atom stereocenters. The predicted molar refractivity (Wildman–Crippen MR) is 107 cm³/mol. The molecular weight excluding hydrogens is 338 g/mol. The second kappa shape index (κ2) is 9.17. The number of carbonyl (C=O) groups is 1. The van der Waals surface area contributed by atoms with Gasteiger partial charge in [0.25, 0.3) is 0 Å². The molecule has 27 heavy (non-hydrogen) atoms.